The van der Waals surface area contributed by atoms with E-state index < -0.39 is 0 Å². The maximum Gasteiger partial charge on any atom is 0.324 e. The topological polar surface area (TPSA) is 49.4 Å². The number of imide groups is 1. The Morgan fingerprint density at radius 3 is 2.79 bits per heavy atom. The van der Waals surface area contributed by atoms with E-state index in [4.69, 9.17) is 0 Å². The molecule has 1 fully saturated rings. The molecular formula is C10H18N2O2. The maximum absolute atomic E-state index is 11.3. The van der Waals surface area contributed by atoms with Crippen LogP contribution in [0.5, 0.6) is 0 Å². The van der Waals surface area contributed by atoms with Gasteiger partial charge in [0.2, 0.25) is 5.91 Å². The van der Waals surface area contributed by atoms with E-state index in [0.717, 1.165) is 25.8 Å². The Bertz CT molecular complexity index is 228. The van der Waals surface area contributed by atoms with Gasteiger partial charge in [-0.3, -0.25) is 10.1 Å². The fourth-order valence-corrected chi connectivity index (χ4v) is 1.55. The number of urea groups is 1. The number of amides is 3. The Hall–Kier alpha value is -1.06. The minimum atomic E-state index is -0.232. The molecule has 0 bridgehead atoms. The zero-order chi connectivity index (χ0) is 10.6. The number of unbranched alkanes of at least 4 members (excludes halogenated alkanes) is 2. The van der Waals surface area contributed by atoms with Gasteiger partial charge in [0, 0.05) is 13.1 Å². The summed E-state index contributed by atoms with van der Waals surface area (Å²) >= 11 is 0. The number of nitrogens with zero attached hydrogens (tertiary/aromatic N) is 1. The van der Waals surface area contributed by atoms with Crippen LogP contribution < -0.4 is 5.32 Å². The number of hydrogen-bond donors (Lipinski definition) is 1. The maximum atomic E-state index is 11.3. The molecular weight excluding hydrogens is 180 g/mol. The fraction of sp³-hybridized carbons (Fsp3) is 0.800. The summed E-state index contributed by atoms with van der Waals surface area (Å²) in [6, 6.07) is -0.232. The molecule has 3 amide bonds. The minimum absolute atomic E-state index is 0.0747. The Labute approximate surface area is 84.7 Å². The van der Waals surface area contributed by atoms with Crippen molar-refractivity contribution in [1.82, 2.24) is 10.2 Å². The summed E-state index contributed by atoms with van der Waals surface area (Å²) in [7, 11) is 0. The molecule has 1 saturated heterocycles. The second kappa shape index (κ2) is 4.98. The fourth-order valence-electron chi connectivity index (χ4n) is 1.55. The van der Waals surface area contributed by atoms with Crippen LogP contribution in [-0.2, 0) is 4.79 Å². The predicted octanol–water partition coefficient (Wildman–Crippen LogP) is 1.36. The molecule has 0 spiro atoms. The monoisotopic (exact) mass is 198 g/mol. The highest BCUT2D eigenvalue weighted by molar-refractivity contribution is 5.97. The first-order valence-corrected chi connectivity index (χ1v) is 5.25. The molecule has 0 aromatic carbocycles. The van der Waals surface area contributed by atoms with Crippen molar-refractivity contribution in [3.63, 3.8) is 0 Å². The van der Waals surface area contributed by atoms with Crippen LogP contribution >= 0.6 is 0 Å². The predicted molar refractivity (Wildman–Crippen MR) is 53.8 cm³/mol. The molecule has 0 radical (unpaired) electrons. The Balaban J connectivity index is 2.37. The molecule has 14 heavy (non-hydrogen) atoms. The average molecular weight is 198 g/mol. The smallest absolute Gasteiger partial charge is 0.324 e. The van der Waals surface area contributed by atoms with Crippen molar-refractivity contribution in [3.8, 4) is 0 Å². The Kier molecular flexibility index (Phi) is 3.92. The lowest BCUT2D eigenvalue weighted by Gasteiger charge is -2.30. The van der Waals surface area contributed by atoms with Gasteiger partial charge in [0.25, 0.3) is 0 Å². The van der Waals surface area contributed by atoms with Crippen LogP contribution in [0.3, 0.4) is 0 Å². The van der Waals surface area contributed by atoms with E-state index in [1.807, 2.05) is 6.92 Å². The molecule has 0 aromatic heterocycles. The third-order valence-corrected chi connectivity index (χ3v) is 2.49. The second-order valence-corrected chi connectivity index (χ2v) is 3.85. The van der Waals surface area contributed by atoms with Crippen molar-refractivity contribution in [2.24, 2.45) is 5.92 Å². The summed E-state index contributed by atoms with van der Waals surface area (Å²) in [5, 5.41) is 2.35. The van der Waals surface area contributed by atoms with Crippen LogP contribution in [0.1, 0.15) is 33.1 Å². The van der Waals surface area contributed by atoms with Crippen molar-refractivity contribution < 1.29 is 9.59 Å². The van der Waals surface area contributed by atoms with Gasteiger partial charge in [0.05, 0.1) is 5.92 Å². The first kappa shape index (κ1) is 11.0. The van der Waals surface area contributed by atoms with E-state index in [-0.39, 0.29) is 17.9 Å². The molecule has 1 unspecified atom stereocenters. The lowest BCUT2D eigenvalue weighted by molar-refractivity contribution is -0.125. The van der Waals surface area contributed by atoms with Gasteiger partial charge in [0.15, 0.2) is 0 Å². The third kappa shape index (κ3) is 2.72. The normalized spacial score (nSPS) is 22.4. The molecule has 4 heteroatoms. The van der Waals surface area contributed by atoms with Gasteiger partial charge in [-0.25, -0.2) is 4.79 Å². The number of carbonyl (C=O) groups is 2. The van der Waals surface area contributed by atoms with Crippen molar-refractivity contribution >= 4 is 11.9 Å². The first-order chi connectivity index (χ1) is 6.65. The number of hydrogen-bond acceptors (Lipinski definition) is 2. The number of nitrogens with one attached hydrogen (secondary N) is 1. The molecule has 1 rings (SSSR count). The van der Waals surface area contributed by atoms with Crippen molar-refractivity contribution in [2.45, 2.75) is 33.1 Å². The highest BCUT2D eigenvalue weighted by Crippen LogP contribution is 2.08. The van der Waals surface area contributed by atoms with Crippen molar-refractivity contribution in [3.05, 3.63) is 0 Å². The number of rotatable bonds is 4. The molecule has 1 heterocycles. The molecule has 1 N–H and O–H groups in total. The quantitative estimate of drug-likeness (QED) is 0.693. The van der Waals surface area contributed by atoms with Gasteiger partial charge in [0.1, 0.15) is 0 Å². The highest BCUT2D eigenvalue weighted by Gasteiger charge is 2.28. The van der Waals surface area contributed by atoms with Gasteiger partial charge in [-0.05, 0) is 6.42 Å². The van der Waals surface area contributed by atoms with Gasteiger partial charge in [-0.2, -0.15) is 0 Å². The molecule has 1 aliphatic heterocycles. The summed E-state index contributed by atoms with van der Waals surface area (Å²) in [4.78, 5) is 24.2. The van der Waals surface area contributed by atoms with Crippen LogP contribution in [0.15, 0.2) is 0 Å². The van der Waals surface area contributed by atoms with E-state index in [1.54, 1.807) is 4.90 Å². The Morgan fingerprint density at radius 2 is 2.14 bits per heavy atom. The SMILES string of the molecule is CCCCCN1CC(C)C(=O)NC1=O. The van der Waals surface area contributed by atoms with Gasteiger partial charge >= 0.3 is 6.03 Å². The third-order valence-electron chi connectivity index (χ3n) is 2.49. The van der Waals surface area contributed by atoms with Crippen molar-refractivity contribution in [1.29, 1.82) is 0 Å². The minimum Gasteiger partial charge on any atom is -0.324 e. The van der Waals surface area contributed by atoms with E-state index in [9.17, 15) is 9.59 Å². The van der Waals surface area contributed by atoms with Crippen molar-refractivity contribution in [2.75, 3.05) is 13.1 Å². The van der Waals surface area contributed by atoms with Crippen LogP contribution in [-0.4, -0.2) is 29.9 Å². The van der Waals surface area contributed by atoms with Crippen LogP contribution in [0.2, 0.25) is 0 Å². The van der Waals surface area contributed by atoms with E-state index in [0.29, 0.717) is 6.54 Å². The van der Waals surface area contributed by atoms with Crippen LogP contribution in [0.25, 0.3) is 0 Å². The second-order valence-electron chi connectivity index (χ2n) is 3.85. The Morgan fingerprint density at radius 1 is 1.43 bits per heavy atom. The molecule has 80 valence electrons. The van der Waals surface area contributed by atoms with E-state index in [2.05, 4.69) is 12.2 Å². The first-order valence-electron chi connectivity index (χ1n) is 5.25. The van der Waals surface area contributed by atoms with Gasteiger partial charge < -0.3 is 4.90 Å². The summed E-state index contributed by atoms with van der Waals surface area (Å²) < 4.78 is 0. The lowest BCUT2D eigenvalue weighted by atomic mass is 10.1. The van der Waals surface area contributed by atoms with Gasteiger partial charge in [-0.15, -0.1) is 0 Å². The van der Waals surface area contributed by atoms with Gasteiger partial charge in [-0.1, -0.05) is 26.7 Å². The summed E-state index contributed by atoms with van der Waals surface area (Å²) in [6.07, 6.45) is 3.29. The lowest BCUT2D eigenvalue weighted by Crippen LogP contribution is -2.53. The zero-order valence-corrected chi connectivity index (χ0v) is 8.88. The van der Waals surface area contributed by atoms with Crippen LogP contribution in [0, 0.1) is 5.92 Å². The molecule has 4 nitrogen and oxygen atoms in total. The van der Waals surface area contributed by atoms with E-state index in [1.165, 1.54) is 0 Å². The molecule has 0 aliphatic carbocycles. The summed E-state index contributed by atoms with van der Waals surface area (Å²) in [5.41, 5.74) is 0. The standard InChI is InChI=1S/C10H18N2O2/c1-3-4-5-6-12-7-8(2)9(13)11-10(12)14/h8H,3-7H2,1-2H3,(H,11,13,14). The highest BCUT2D eigenvalue weighted by atomic mass is 16.2. The zero-order valence-electron chi connectivity index (χ0n) is 8.88. The molecule has 0 aromatic rings. The summed E-state index contributed by atoms with van der Waals surface area (Å²) in [6.45, 7) is 5.29. The largest absolute Gasteiger partial charge is 0.324 e. The molecule has 1 aliphatic rings. The van der Waals surface area contributed by atoms with Crippen LogP contribution in [0.4, 0.5) is 4.79 Å². The van der Waals surface area contributed by atoms with E-state index >= 15 is 0 Å². The summed E-state index contributed by atoms with van der Waals surface area (Å²) in [5.74, 6) is -0.226. The molecule has 1 atom stereocenters. The molecule has 0 saturated carbocycles. The number of carbonyl (C=O) groups excluding carboxylic acids is 2. The average Bonchev–Trinajstić information content (AvgIpc) is 2.14.